The summed E-state index contributed by atoms with van der Waals surface area (Å²) in [5.41, 5.74) is 15.2. The summed E-state index contributed by atoms with van der Waals surface area (Å²) in [5.74, 6) is 0.433. The second-order valence-corrected chi connectivity index (χ2v) is 10.0. The molecule has 10 nitrogen and oxygen atoms in total. The second-order valence-electron chi connectivity index (χ2n) is 10.0. The minimum Gasteiger partial charge on any atom is -0.381 e. The Labute approximate surface area is 211 Å². The van der Waals surface area contributed by atoms with Gasteiger partial charge in [0.2, 0.25) is 5.91 Å². The van der Waals surface area contributed by atoms with Gasteiger partial charge < -0.3 is 31.7 Å². The molecule has 0 atom stereocenters. The van der Waals surface area contributed by atoms with E-state index in [4.69, 9.17) is 21.2 Å². The van der Waals surface area contributed by atoms with Crippen molar-refractivity contribution in [2.45, 2.75) is 63.5 Å². The zero-order chi connectivity index (χ0) is 25.3. The first-order valence-corrected chi connectivity index (χ1v) is 12.9. The fourth-order valence-corrected chi connectivity index (χ4v) is 4.93. The number of carbonyl (C=O) groups is 2. The molecule has 2 fully saturated rings. The summed E-state index contributed by atoms with van der Waals surface area (Å²) in [6.45, 7) is 4.72. The lowest BCUT2D eigenvalue weighted by molar-refractivity contribution is -0.133. The number of aryl methyl sites for hydroxylation is 1. The van der Waals surface area contributed by atoms with E-state index in [1.165, 1.54) is 5.56 Å². The summed E-state index contributed by atoms with van der Waals surface area (Å²) in [7, 11) is 0. The van der Waals surface area contributed by atoms with Gasteiger partial charge in [-0.25, -0.2) is 9.97 Å². The maximum Gasteiger partial charge on any atom is 0.271 e. The van der Waals surface area contributed by atoms with Gasteiger partial charge in [-0.1, -0.05) is 13.0 Å². The molecule has 2 amide bonds. The van der Waals surface area contributed by atoms with E-state index in [1.807, 2.05) is 17.9 Å². The van der Waals surface area contributed by atoms with Gasteiger partial charge in [0.1, 0.15) is 0 Å². The fourth-order valence-electron chi connectivity index (χ4n) is 4.93. The number of fused-ring (bicyclic) bond motifs is 1. The summed E-state index contributed by atoms with van der Waals surface area (Å²) in [5, 5.41) is 6.77. The maximum atomic E-state index is 12.7. The molecule has 1 saturated carbocycles. The van der Waals surface area contributed by atoms with Crippen molar-refractivity contribution in [3.8, 4) is 0 Å². The minimum atomic E-state index is -0.645. The number of amides is 2. The van der Waals surface area contributed by atoms with E-state index in [2.05, 4.69) is 27.8 Å². The number of ether oxygens (including phenoxy) is 1. The van der Waals surface area contributed by atoms with E-state index in [0.717, 1.165) is 49.8 Å². The number of hydrogen-bond donors (Lipinski definition) is 4. The molecule has 6 N–H and O–H groups in total. The Morgan fingerprint density at radius 2 is 1.83 bits per heavy atom. The molecule has 3 heterocycles. The van der Waals surface area contributed by atoms with Crippen molar-refractivity contribution in [2.24, 2.45) is 11.5 Å². The standard InChI is InChI=1S/C26H35N7O3/c1-2-20-23(29-18-7-13-36-14-8-18)32-24(21(31-20)22(27)34)30-19-4-3-16-5-11-33(12-6-17(16)15-19)25(35)26(28)9-10-26/h3-4,15,18H,2,5-14,28H2,1H3,(H2,27,34)(H2,29,30,32). The Morgan fingerprint density at radius 3 is 2.50 bits per heavy atom. The highest BCUT2D eigenvalue weighted by Gasteiger charge is 2.48. The number of carbonyl (C=O) groups excluding carboxylic acids is 2. The molecule has 1 saturated heterocycles. The Bertz CT molecular complexity index is 1160. The Hall–Kier alpha value is -3.24. The number of nitrogens with one attached hydrogen (secondary N) is 2. The summed E-state index contributed by atoms with van der Waals surface area (Å²) in [6.07, 6.45) is 5.48. The van der Waals surface area contributed by atoms with Crippen molar-refractivity contribution >= 4 is 29.1 Å². The molecule has 0 unspecified atom stereocenters. The molecule has 0 radical (unpaired) electrons. The van der Waals surface area contributed by atoms with Crippen LogP contribution in [-0.2, 0) is 28.8 Å². The summed E-state index contributed by atoms with van der Waals surface area (Å²) in [6, 6.07) is 6.34. The van der Waals surface area contributed by atoms with Crippen molar-refractivity contribution in [2.75, 3.05) is 36.9 Å². The predicted octanol–water partition coefficient (Wildman–Crippen LogP) is 1.89. The first-order chi connectivity index (χ1) is 17.4. The molecule has 10 heteroatoms. The van der Waals surface area contributed by atoms with Gasteiger partial charge in [-0.3, -0.25) is 9.59 Å². The minimum absolute atomic E-state index is 0.0654. The number of hydrogen-bond acceptors (Lipinski definition) is 8. The number of nitrogens with two attached hydrogens (primary N) is 2. The third-order valence-electron chi connectivity index (χ3n) is 7.37. The Balaban J connectivity index is 1.37. The number of aromatic nitrogens is 2. The van der Waals surface area contributed by atoms with Crippen LogP contribution in [0.25, 0.3) is 0 Å². The van der Waals surface area contributed by atoms with Crippen LogP contribution in [-0.4, -0.2) is 64.6 Å². The van der Waals surface area contributed by atoms with Crippen molar-refractivity contribution in [1.29, 1.82) is 0 Å². The normalized spacial score (nSPS) is 19.2. The molecule has 2 aliphatic heterocycles. The van der Waals surface area contributed by atoms with Crippen LogP contribution in [0.4, 0.5) is 17.3 Å². The predicted molar refractivity (Wildman–Crippen MR) is 137 cm³/mol. The average Bonchev–Trinajstić information content (AvgIpc) is 3.66. The lowest BCUT2D eigenvalue weighted by Gasteiger charge is -2.25. The van der Waals surface area contributed by atoms with Crippen LogP contribution in [0.15, 0.2) is 18.2 Å². The Morgan fingerprint density at radius 1 is 1.11 bits per heavy atom. The molecule has 192 valence electrons. The van der Waals surface area contributed by atoms with E-state index in [9.17, 15) is 9.59 Å². The van der Waals surface area contributed by atoms with Gasteiger partial charge >= 0.3 is 0 Å². The highest BCUT2D eigenvalue weighted by molar-refractivity contribution is 5.96. The molecule has 1 aromatic heterocycles. The molecule has 1 aromatic carbocycles. The van der Waals surface area contributed by atoms with Crippen LogP contribution >= 0.6 is 0 Å². The van der Waals surface area contributed by atoms with E-state index in [0.29, 0.717) is 50.1 Å². The van der Waals surface area contributed by atoms with Crippen LogP contribution in [0.3, 0.4) is 0 Å². The van der Waals surface area contributed by atoms with E-state index >= 15 is 0 Å². The van der Waals surface area contributed by atoms with Gasteiger partial charge in [0.15, 0.2) is 17.3 Å². The van der Waals surface area contributed by atoms with Crippen molar-refractivity contribution in [1.82, 2.24) is 14.9 Å². The van der Waals surface area contributed by atoms with Gasteiger partial charge in [0, 0.05) is 38.0 Å². The zero-order valence-electron chi connectivity index (χ0n) is 20.8. The molecule has 36 heavy (non-hydrogen) atoms. The van der Waals surface area contributed by atoms with Gasteiger partial charge in [0.25, 0.3) is 5.91 Å². The summed E-state index contributed by atoms with van der Waals surface area (Å²) < 4.78 is 5.46. The van der Waals surface area contributed by atoms with E-state index < -0.39 is 11.4 Å². The topological polar surface area (TPSA) is 148 Å². The van der Waals surface area contributed by atoms with E-state index in [-0.39, 0.29) is 17.6 Å². The van der Waals surface area contributed by atoms with Crippen molar-refractivity contribution in [3.63, 3.8) is 0 Å². The summed E-state index contributed by atoms with van der Waals surface area (Å²) in [4.78, 5) is 36.2. The van der Waals surface area contributed by atoms with Gasteiger partial charge in [-0.2, -0.15) is 0 Å². The monoisotopic (exact) mass is 493 g/mol. The third-order valence-corrected chi connectivity index (χ3v) is 7.37. The first-order valence-electron chi connectivity index (χ1n) is 12.9. The molecule has 5 rings (SSSR count). The van der Waals surface area contributed by atoms with Crippen LogP contribution < -0.4 is 22.1 Å². The second kappa shape index (κ2) is 10.0. The smallest absolute Gasteiger partial charge is 0.271 e. The number of anilines is 3. The Kier molecular flexibility index (Phi) is 6.81. The average molecular weight is 494 g/mol. The molecule has 0 spiro atoms. The molecule has 0 bridgehead atoms. The van der Waals surface area contributed by atoms with Crippen LogP contribution in [0, 0.1) is 0 Å². The third kappa shape index (κ3) is 5.15. The molecule has 1 aliphatic carbocycles. The van der Waals surface area contributed by atoms with Crippen molar-refractivity contribution < 1.29 is 14.3 Å². The molecule has 2 aromatic rings. The molecular formula is C26H35N7O3. The number of benzene rings is 1. The van der Waals surface area contributed by atoms with Crippen LogP contribution in [0.1, 0.15) is 59.9 Å². The molecular weight excluding hydrogens is 458 g/mol. The van der Waals surface area contributed by atoms with Gasteiger partial charge in [-0.05, 0) is 68.2 Å². The first kappa shape index (κ1) is 24.5. The van der Waals surface area contributed by atoms with Crippen molar-refractivity contribution in [3.05, 3.63) is 40.7 Å². The van der Waals surface area contributed by atoms with Crippen LogP contribution in [0.2, 0.25) is 0 Å². The highest BCUT2D eigenvalue weighted by atomic mass is 16.5. The van der Waals surface area contributed by atoms with Crippen LogP contribution in [0.5, 0.6) is 0 Å². The fraction of sp³-hybridized carbons (Fsp3) is 0.538. The summed E-state index contributed by atoms with van der Waals surface area (Å²) >= 11 is 0. The molecule has 3 aliphatic rings. The number of nitrogens with zero attached hydrogens (tertiary/aromatic N) is 3. The zero-order valence-corrected chi connectivity index (χ0v) is 20.8. The van der Waals surface area contributed by atoms with Gasteiger partial charge in [0.05, 0.1) is 11.2 Å². The number of rotatable bonds is 7. The number of primary amides is 1. The van der Waals surface area contributed by atoms with Gasteiger partial charge in [-0.15, -0.1) is 0 Å². The lowest BCUT2D eigenvalue weighted by atomic mass is 10.0. The SMILES string of the molecule is CCc1nc(C(N)=O)c(Nc2ccc3c(c2)CCN(C(=O)C2(N)CC2)CC3)nc1NC1CCOCC1. The maximum absolute atomic E-state index is 12.7. The van der Waals surface area contributed by atoms with E-state index in [1.54, 1.807) is 0 Å². The lowest BCUT2D eigenvalue weighted by Crippen LogP contribution is -2.46. The quantitative estimate of drug-likeness (QED) is 0.457. The highest BCUT2D eigenvalue weighted by Crippen LogP contribution is 2.35. The largest absolute Gasteiger partial charge is 0.381 e.